The second kappa shape index (κ2) is 7.09. The molecule has 2 rings (SSSR count). The van der Waals surface area contributed by atoms with Crippen LogP contribution in [0.3, 0.4) is 0 Å². The Morgan fingerprint density at radius 2 is 1.95 bits per heavy atom. The summed E-state index contributed by atoms with van der Waals surface area (Å²) in [6.07, 6.45) is 2.41. The quantitative estimate of drug-likeness (QED) is 0.754. The first-order valence-corrected chi connectivity index (χ1v) is 9.46. The van der Waals surface area contributed by atoms with Crippen molar-refractivity contribution in [1.29, 1.82) is 0 Å². The van der Waals surface area contributed by atoms with Gasteiger partial charge in [-0.3, -0.25) is 9.69 Å². The first kappa shape index (κ1) is 16.0. The number of carbonyl (C=O) groups excluding carboxylic acids is 1. The highest BCUT2D eigenvalue weighted by molar-refractivity contribution is 8.16. The predicted molar refractivity (Wildman–Crippen MR) is 87.1 cm³/mol. The van der Waals surface area contributed by atoms with Crippen LogP contribution < -0.4 is 4.90 Å². The molecular weight excluding hydrogens is 308 g/mol. The minimum atomic E-state index is -3.53. The van der Waals surface area contributed by atoms with Crippen LogP contribution in [0.2, 0.25) is 0 Å². The Bertz CT molecular complexity index is 627. The summed E-state index contributed by atoms with van der Waals surface area (Å²) in [6.45, 7) is 2.02. The standard InChI is InChI=1S/C14H18N2O3S2/c1-2-3-7-10-21(18,19)15-14-16(13(17)11-20-14)12-8-5-4-6-9-12/h4-6,8-9H,2-3,7,10-11H2,1H3/b15-14-. The van der Waals surface area contributed by atoms with Gasteiger partial charge in [0.15, 0.2) is 5.17 Å². The molecule has 5 nitrogen and oxygen atoms in total. The highest BCUT2D eigenvalue weighted by atomic mass is 32.2. The average molecular weight is 326 g/mol. The van der Waals surface area contributed by atoms with Crippen molar-refractivity contribution < 1.29 is 13.2 Å². The Balaban J connectivity index is 2.21. The molecule has 1 heterocycles. The summed E-state index contributed by atoms with van der Waals surface area (Å²) in [5.74, 6) is 0.105. The van der Waals surface area contributed by atoms with E-state index in [2.05, 4.69) is 4.40 Å². The number of para-hydroxylation sites is 1. The number of hydrogen-bond acceptors (Lipinski definition) is 4. The number of amides is 1. The third-order valence-electron chi connectivity index (χ3n) is 3.00. The highest BCUT2D eigenvalue weighted by Crippen LogP contribution is 2.27. The van der Waals surface area contributed by atoms with Crippen LogP contribution in [0, 0.1) is 0 Å². The van der Waals surface area contributed by atoms with Gasteiger partial charge in [0.2, 0.25) is 5.91 Å². The first-order valence-electron chi connectivity index (χ1n) is 6.87. The van der Waals surface area contributed by atoms with Crippen molar-refractivity contribution >= 4 is 38.5 Å². The lowest BCUT2D eigenvalue weighted by Crippen LogP contribution is -2.29. The van der Waals surface area contributed by atoms with E-state index in [9.17, 15) is 13.2 Å². The molecule has 0 radical (unpaired) electrons. The van der Waals surface area contributed by atoms with Gasteiger partial charge < -0.3 is 0 Å². The van der Waals surface area contributed by atoms with E-state index in [0.29, 0.717) is 12.1 Å². The van der Waals surface area contributed by atoms with Crippen LogP contribution in [0.4, 0.5) is 5.69 Å². The van der Waals surface area contributed by atoms with Crippen molar-refractivity contribution in [2.75, 3.05) is 16.4 Å². The Hall–Kier alpha value is -1.34. The lowest BCUT2D eigenvalue weighted by atomic mass is 10.3. The van der Waals surface area contributed by atoms with Crippen LogP contribution in [0.1, 0.15) is 26.2 Å². The molecular formula is C14H18N2O3S2. The van der Waals surface area contributed by atoms with E-state index in [1.807, 2.05) is 13.0 Å². The summed E-state index contributed by atoms with van der Waals surface area (Å²) >= 11 is 1.17. The van der Waals surface area contributed by atoms with E-state index in [1.54, 1.807) is 24.3 Å². The molecule has 1 aromatic rings. The molecule has 0 atom stereocenters. The van der Waals surface area contributed by atoms with Crippen molar-refractivity contribution in [2.45, 2.75) is 26.2 Å². The third kappa shape index (κ3) is 4.31. The topological polar surface area (TPSA) is 66.8 Å². The van der Waals surface area contributed by atoms with E-state index in [-0.39, 0.29) is 22.6 Å². The van der Waals surface area contributed by atoms with Crippen LogP contribution in [0.25, 0.3) is 0 Å². The first-order chi connectivity index (χ1) is 10.0. The van der Waals surface area contributed by atoms with E-state index >= 15 is 0 Å². The number of sulfonamides is 1. The summed E-state index contributed by atoms with van der Waals surface area (Å²) < 4.78 is 27.9. The summed E-state index contributed by atoms with van der Waals surface area (Å²) in [5.41, 5.74) is 0.648. The van der Waals surface area contributed by atoms with Gasteiger partial charge in [-0.25, -0.2) is 8.42 Å². The van der Waals surface area contributed by atoms with Crippen LogP contribution in [0.5, 0.6) is 0 Å². The molecule has 0 unspecified atom stereocenters. The van der Waals surface area contributed by atoms with Crippen molar-refractivity contribution in [3.63, 3.8) is 0 Å². The van der Waals surface area contributed by atoms with Gasteiger partial charge in [0.25, 0.3) is 10.0 Å². The molecule has 0 saturated carbocycles. The molecule has 114 valence electrons. The van der Waals surface area contributed by atoms with E-state index in [0.717, 1.165) is 12.8 Å². The molecule has 0 N–H and O–H groups in total. The fraction of sp³-hybridized carbons (Fsp3) is 0.429. The summed E-state index contributed by atoms with van der Waals surface area (Å²) in [5, 5.41) is 0.252. The van der Waals surface area contributed by atoms with Crippen LogP contribution in [-0.2, 0) is 14.8 Å². The number of rotatable bonds is 6. The molecule has 0 spiro atoms. The van der Waals surface area contributed by atoms with Gasteiger partial charge in [-0.1, -0.05) is 49.7 Å². The van der Waals surface area contributed by atoms with Crippen molar-refractivity contribution in [3.05, 3.63) is 30.3 Å². The Morgan fingerprint density at radius 1 is 1.24 bits per heavy atom. The SMILES string of the molecule is CCCCCS(=O)(=O)/N=C1\SCC(=O)N1c1ccccc1. The number of hydrogen-bond donors (Lipinski definition) is 0. The number of benzene rings is 1. The maximum atomic E-state index is 12.0. The van der Waals surface area contributed by atoms with Crippen molar-refractivity contribution in [1.82, 2.24) is 0 Å². The average Bonchev–Trinajstić information content (AvgIpc) is 2.80. The van der Waals surface area contributed by atoms with Gasteiger partial charge in [-0.2, -0.15) is 0 Å². The Labute approximate surface area is 129 Å². The maximum absolute atomic E-state index is 12.0. The van der Waals surface area contributed by atoms with E-state index in [1.165, 1.54) is 16.7 Å². The molecule has 0 aliphatic carbocycles. The van der Waals surface area contributed by atoms with Crippen LogP contribution >= 0.6 is 11.8 Å². The second-order valence-electron chi connectivity index (χ2n) is 4.72. The monoisotopic (exact) mass is 326 g/mol. The lowest BCUT2D eigenvalue weighted by molar-refractivity contribution is -0.115. The predicted octanol–water partition coefficient (Wildman–Crippen LogP) is 2.64. The van der Waals surface area contributed by atoms with Crippen LogP contribution in [-0.4, -0.2) is 31.0 Å². The highest BCUT2D eigenvalue weighted by Gasteiger charge is 2.31. The Morgan fingerprint density at radius 3 is 2.62 bits per heavy atom. The number of nitrogens with zero attached hydrogens (tertiary/aromatic N) is 2. The number of thioether (sulfide) groups is 1. The molecule has 0 bridgehead atoms. The lowest BCUT2D eigenvalue weighted by Gasteiger charge is -2.15. The molecule has 0 aromatic heterocycles. The summed E-state index contributed by atoms with van der Waals surface area (Å²) in [7, 11) is -3.53. The van der Waals surface area contributed by atoms with E-state index < -0.39 is 10.0 Å². The van der Waals surface area contributed by atoms with Gasteiger partial charge in [0.1, 0.15) is 0 Å². The largest absolute Gasteiger partial charge is 0.273 e. The number of carbonyl (C=O) groups is 1. The smallest absolute Gasteiger partial charge is 0.255 e. The molecule has 1 fully saturated rings. The van der Waals surface area contributed by atoms with Gasteiger partial charge in [-0.15, -0.1) is 4.40 Å². The van der Waals surface area contributed by atoms with E-state index in [4.69, 9.17) is 0 Å². The molecule has 7 heteroatoms. The minimum Gasteiger partial charge on any atom is -0.273 e. The fourth-order valence-electron chi connectivity index (χ4n) is 1.96. The number of amidine groups is 1. The fourth-order valence-corrected chi connectivity index (χ4v) is 4.21. The molecule has 1 aliphatic rings. The van der Waals surface area contributed by atoms with Crippen molar-refractivity contribution in [3.8, 4) is 0 Å². The zero-order valence-electron chi connectivity index (χ0n) is 11.9. The zero-order chi connectivity index (χ0) is 15.3. The number of anilines is 1. The maximum Gasteiger partial charge on any atom is 0.255 e. The Kier molecular flexibility index (Phi) is 5.41. The summed E-state index contributed by atoms with van der Waals surface area (Å²) in [6, 6.07) is 8.99. The molecule has 1 amide bonds. The zero-order valence-corrected chi connectivity index (χ0v) is 13.5. The van der Waals surface area contributed by atoms with Crippen LogP contribution in [0.15, 0.2) is 34.7 Å². The minimum absolute atomic E-state index is 0.0295. The van der Waals surface area contributed by atoms with Gasteiger partial charge >= 0.3 is 0 Å². The second-order valence-corrected chi connectivity index (χ2v) is 7.42. The number of unbranched alkanes of at least 4 members (excludes halogenated alkanes) is 2. The van der Waals surface area contributed by atoms with Gasteiger partial charge in [0.05, 0.1) is 17.2 Å². The third-order valence-corrected chi connectivity index (χ3v) is 5.30. The molecule has 1 aromatic carbocycles. The van der Waals surface area contributed by atoms with Gasteiger partial charge in [-0.05, 0) is 18.6 Å². The summed E-state index contributed by atoms with van der Waals surface area (Å²) in [4.78, 5) is 13.3. The van der Waals surface area contributed by atoms with Gasteiger partial charge in [0, 0.05) is 0 Å². The molecule has 1 aliphatic heterocycles. The normalized spacial score (nSPS) is 17.7. The molecule has 1 saturated heterocycles. The molecule has 21 heavy (non-hydrogen) atoms. The van der Waals surface area contributed by atoms with Crippen molar-refractivity contribution in [2.24, 2.45) is 4.40 Å².